The Morgan fingerprint density at radius 3 is 2.81 bits per heavy atom. The fourth-order valence-corrected chi connectivity index (χ4v) is 2.51. The number of halogens is 1. The highest BCUT2D eigenvalue weighted by Gasteiger charge is 2.11. The van der Waals surface area contributed by atoms with E-state index in [0.717, 1.165) is 17.6 Å². The molecule has 1 aromatic heterocycles. The van der Waals surface area contributed by atoms with Crippen molar-refractivity contribution in [3.8, 4) is 0 Å². The lowest BCUT2D eigenvalue weighted by Gasteiger charge is -2.15. The van der Waals surface area contributed by atoms with Gasteiger partial charge >= 0.3 is 0 Å². The average Bonchev–Trinajstić information content (AvgIpc) is 2.81. The molecule has 0 fully saturated rings. The molecule has 0 spiro atoms. The fourth-order valence-electron chi connectivity index (χ4n) is 2.51. The van der Waals surface area contributed by atoms with Gasteiger partial charge in [-0.05, 0) is 31.7 Å². The first-order valence-corrected chi connectivity index (χ1v) is 6.90. The molecule has 0 aliphatic rings. The van der Waals surface area contributed by atoms with Crippen LogP contribution in [0.5, 0.6) is 0 Å². The Balaban J connectivity index is 1.75. The van der Waals surface area contributed by atoms with E-state index in [1.807, 2.05) is 7.05 Å². The molecular formula is C17H17FN2O. The van der Waals surface area contributed by atoms with Crippen molar-refractivity contribution in [3.63, 3.8) is 0 Å². The standard InChI is InChI=1S/C17H17FN2O/c1-12-4-3-5-13(8-12)10-20(2)11-16-15-7-6-14(18)9-17(15)21-19-16/h3-9H,10-11H2,1-2H3. The molecule has 3 aromatic rings. The zero-order valence-electron chi connectivity index (χ0n) is 12.1. The molecule has 0 bridgehead atoms. The van der Waals surface area contributed by atoms with Gasteiger partial charge < -0.3 is 4.52 Å². The summed E-state index contributed by atoms with van der Waals surface area (Å²) in [6.07, 6.45) is 0. The summed E-state index contributed by atoms with van der Waals surface area (Å²) >= 11 is 0. The number of nitrogens with zero attached hydrogens (tertiary/aromatic N) is 2. The fraction of sp³-hybridized carbons (Fsp3) is 0.235. The first-order valence-electron chi connectivity index (χ1n) is 6.90. The van der Waals surface area contributed by atoms with Gasteiger partial charge in [-0.3, -0.25) is 4.90 Å². The number of hydrogen-bond donors (Lipinski definition) is 0. The van der Waals surface area contributed by atoms with E-state index in [1.54, 1.807) is 6.07 Å². The van der Waals surface area contributed by atoms with Crippen molar-refractivity contribution in [2.24, 2.45) is 0 Å². The van der Waals surface area contributed by atoms with Gasteiger partial charge in [0.15, 0.2) is 5.58 Å². The van der Waals surface area contributed by atoms with Crippen LogP contribution in [0.15, 0.2) is 47.0 Å². The highest BCUT2D eigenvalue weighted by Crippen LogP contribution is 2.21. The predicted molar refractivity (Wildman–Crippen MR) is 80.3 cm³/mol. The second-order valence-corrected chi connectivity index (χ2v) is 5.43. The molecule has 3 rings (SSSR count). The molecular weight excluding hydrogens is 267 g/mol. The smallest absolute Gasteiger partial charge is 0.170 e. The minimum absolute atomic E-state index is 0.307. The first kappa shape index (κ1) is 13.8. The maximum atomic E-state index is 13.1. The molecule has 0 saturated heterocycles. The second kappa shape index (κ2) is 5.66. The molecule has 0 atom stereocenters. The summed E-state index contributed by atoms with van der Waals surface area (Å²) in [5.74, 6) is -0.307. The number of fused-ring (bicyclic) bond motifs is 1. The lowest BCUT2D eigenvalue weighted by atomic mass is 10.1. The van der Waals surface area contributed by atoms with Crippen LogP contribution >= 0.6 is 0 Å². The topological polar surface area (TPSA) is 29.3 Å². The number of rotatable bonds is 4. The van der Waals surface area contributed by atoms with Crippen molar-refractivity contribution in [2.75, 3.05) is 7.05 Å². The Bertz CT molecular complexity index is 766. The van der Waals surface area contributed by atoms with Gasteiger partial charge in [-0.15, -0.1) is 0 Å². The van der Waals surface area contributed by atoms with Crippen molar-refractivity contribution in [1.82, 2.24) is 10.1 Å². The minimum atomic E-state index is -0.307. The Kier molecular flexibility index (Phi) is 3.71. The van der Waals surface area contributed by atoms with E-state index in [0.29, 0.717) is 12.1 Å². The molecule has 3 nitrogen and oxygen atoms in total. The predicted octanol–water partition coefficient (Wildman–Crippen LogP) is 3.91. The molecule has 0 radical (unpaired) electrons. The van der Waals surface area contributed by atoms with Crippen molar-refractivity contribution in [3.05, 3.63) is 65.1 Å². The molecule has 4 heteroatoms. The molecule has 0 N–H and O–H groups in total. The molecule has 2 aromatic carbocycles. The van der Waals surface area contributed by atoms with Gasteiger partial charge in [0.05, 0.1) is 0 Å². The van der Waals surface area contributed by atoms with E-state index < -0.39 is 0 Å². The number of aryl methyl sites for hydroxylation is 1. The number of benzene rings is 2. The van der Waals surface area contributed by atoms with Crippen molar-refractivity contribution in [1.29, 1.82) is 0 Å². The lowest BCUT2D eigenvalue weighted by molar-refractivity contribution is 0.306. The molecule has 108 valence electrons. The highest BCUT2D eigenvalue weighted by atomic mass is 19.1. The van der Waals surface area contributed by atoms with Crippen molar-refractivity contribution in [2.45, 2.75) is 20.0 Å². The van der Waals surface area contributed by atoms with Crippen LogP contribution in [-0.4, -0.2) is 17.1 Å². The van der Waals surface area contributed by atoms with Crippen LogP contribution < -0.4 is 0 Å². The van der Waals surface area contributed by atoms with Gasteiger partial charge in [0, 0.05) is 24.5 Å². The zero-order chi connectivity index (χ0) is 14.8. The van der Waals surface area contributed by atoms with E-state index in [-0.39, 0.29) is 5.82 Å². The summed E-state index contributed by atoms with van der Waals surface area (Å²) in [5.41, 5.74) is 3.84. The Morgan fingerprint density at radius 1 is 1.14 bits per heavy atom. The van der Waals surface area contributed by atoms with Crippen LogP contribution in [0, 0.1) is 12.7 Å². The highest BCUT2D eigenvalue weighted by molar-refractivity contribution is 5.79. The maximum absolute atomic E-state index is 13.1. The summed E-state index contributed by atoms with van der Waals surface area (Å²) in [6, 6.07) is 13.0. The van der Waals surface area contributed by atoms with Gasteiger partial charge in [0.1, 0.15) is 11.5 Å². The summed E-state index contributed by atoms with van der Waals surface area (Å²) < 4.78 is 18.3. The molecule has 0 amide bonds. The largest absolute Gasteiger partial charge is 0.356 e. The van der Waals surface area contributed by atoms with Crippen LogP contribution in [0.4, 0.5) is 4.39 Å². The molecule has 0 aliphatic heterocycles. The van der Waals surface area contributed by atoms with Crippen LogP contribution in [0.1, 0.15) is 16.8 Å². The van der Waals surface area contributed by atoms with Crippen molar-refractivity contribution >= 4 is 11.0 Å². The first-order chi connectivity index (χ1) is 10.1. The zero-order valence-corrected chi connectivity index (χ0v) is 12.1. The Morgan fingerprint density at radius 2 is 2.00 bits per heavy atom. The summed E-state index contributed by atoms with van der Waals surface area (Å²) in [4.78, 5) is 2.16. The third-order valence-corrected chi connectivity index (χ3v) is 3.46. The molecule has 0 saturated carbocycles. The summed E-state index contributed by atoms with van der Waals surface area (Å²) in [6.45, 7) is 3.58. The third-order valence-electron chi connectivity index (χ3n) is 3.46. The maximum Gasteiger partial charge on any atom is 0.170 e. The van der Waals surface area contributed by atoms with E-state index in [9.17, 15) is 4.39 Å². The number of aromatic nitrogens is 1. The van der Waals surface area contributed by atoms with E-state index in [1.165, 1.54) is 23.3 Å². The lowest BCUT2D eigenvalue weighted by Crippen LogP contribution is -2.17. The number of hydrogen-bond acceptors (Lipinski definition) is 3. The van der Waals surface area contributed by atoms with E-state index >= 15 is 0 Å². The molecule has 21 heavy (non-hydrogen) atoms. The second-order valence-electron chi connectivity index (χ2n) is 5.43. The van der Waals surface area contributed by atoms with E-state index in [2.05, 4.69) is 41.2 Å². The van der Waals surface area contributed by atoms with Crippen LogP contribution in [0.25, 0.3) is 11.0 Å². The normalized spacial score (nSPS) is 11.4. The summed E-state index contributed by atoms with van der Waals surface area (Å²) in [5, 5.41) is 4.92. The third kappa shape index (κ3) is 3.11. The Hall–Kier alpha value is -2.20. The molecule has 1 heterocycles. The van der Waals surface area contributed by atoms with Gasteiger partial charge in [-0.1, -0.05) is 35.0 Å². The van der Waals surface area contributed by atoms with Crippen LogP contribution in [-0.2, 0) is 13.1 Å². The van der Waals surface area contributed by atoms with Gasteiger partial charge in [0.25, 0.3) is 0 Å². The van der Waals surface area contributed by atoms with Crippen molar-refractivity contribution < 1.29 is 8.91 Å². The van der Waals surface area contributed by atoms with Gasteiger partial charge in [-0.2, -0.15) is 0 Å². The quantitative estimate of drug-likeness (QED) is 0.727. The minimum Gasteiger partial charge on any atom is -0.356 e. The average molecular weight is 284 g/mol. The van der Waals surface area contributed by atoms with Crippen LogP contribution in [0.3, 0.4) is 0 Å². The van der Waals surface area contributed by atoms with Gasteiger partial charge in [0.2, 0.25) is 0 Å². The SMILES string of the molecule is Cc1cccc(CN(C)Cc2noc3cc(F)ccc23)c1. The van der Waals surface area contributed by atoms with E-state index in [4.69, 9.17) is 4.52 Å². The van der Waals surface area contributed by atoms with Gasteiger partial charge in [-0.25, -0.2) is 4.39 Å². The monoisotopic (exact) mass is 284 g/mol. The Labute approximate surface area is 123 Å². The van der Waals surface area contributed by atoms with Crippen LogP contribution in [0.2, 0.25) is 0 Å². The molecule has 0 unspecified atom stereocenters. The molecule has 0 aliphatic carbocycles. The summed E-state index contributed by atoms with van der Waals surface area (Å²) in [7, 11) is 2.03.